The standard InChI is InChI=1S/C52H35NO/c1-3-15-36(16-4-1)40-28-31-45(44-22-10-9-21-43(44)38-18-5-2-6-19-38)48(34-40)46-23-11-13-25-50(46)53(41-29-27-37-17-7-8-20-39(37)33-41)42-30-32-52-49(35-42)47-24-12-14-26-51(47)54-52/h1-35H. The molecular weight excluding hydrogens is 655 g/mol. The Kier molecular flexibility index (Phi) is 7.85. The number of hydrogen-bond acceptors (Lipinski definition) is 2. The first kappa shape index (κ1) is 31.6. The number of anilines is 3. The van der Waals surface area contributed by atoms with Crippen molar-refractivity contribution in [2.45, 2.75) is 0 Å². The molecule has 0 saturated carbocycles. The van der Waals surface area contributed by atoms with Gasteiger partial charge in [0, 0.05) is 27.7 Å². The second-order valence-corrected chi connectivity index (χ2v) is 13.7. The Labute approximate surface area is 314 Å². The van der Waals surface area contributed by atoms with Crippen molar-refractivity contribution in [1.29, 1.82) is 0 Å². The Morgan fingerprint density at radius 1 is 0.296 bits per heavy atom. The van der Waals surface area contributed by atoms with Crippen molar-refractivity contribution in [3.05, 3.63) is 212 Å². The Morgan fingerprint density at radius 3 is 1.72 bits per heavy atom. The summed E-state index contributed by atoms with van der Waals surface area (Å²) in [4.78, 5) is 2.41. The van der Waals surface area contributed by atoms with Crippen molar-refractivity contribution < 1.29 is 4.42 Å². The van der Waals surface area contributed by atoms with E-state index >= 15 is 0 Å². The molecule has 10 rings (SSSR count). The highest BCUT2D eigenvalue weighted by Gasteiger charge is 2.22. The van der Waals surface area contributed by atoms with E-state index < -0.39 is 0 Å². The molecule has 0 amide bonds. The minimum Gasteiger partial charge on any atom is -0.456 e. The molecule has 1 aromatic heterocycles. The lowest BCUT2D eigenvalue weighted by Crippen LogP contribution is -2.11. The Hall–Kier alpha value is -7.16. The lowest BCUT2D eigenvalue weighted by atomic mass is 9.86. The molecule has 0 radical (unpaired) electrons. The first-order valence-electron chi connectivity index (χ1n) is 18.4. The van der Waals surface area contributed by atoms with Crippen LogP contribution in [0.3, 0.4) is 0 Å². The maximum absolute atomic E-state index is 6.30. The molecule has 0 spiro atoms. The van der Waals surface area contributed by atoms with Crippen LogP contribution in [0.5, 0.6) is 0 Å². The van der Waals surface area contributed by atoms with Crippen LogP contribution in [0, 0.1) is 0 Å². The highest BCUT2D eigenvalue weighted by Crippen LogP contribution is 2.47. The van der Waals surface area contributed by atoms with Crippen LogP contribution in [-0.2, 0) is 0 Å². The van der Waals surface area contributed by atoms with Gasteiger partial charge < -0.3 is 9.32 Å². The SMILES string of the molecule is c1ccc(-c2ccc(-c3ccccc3-c3ccccc3)c(-c3ccccc3N(c3ccc4ccccc4c3)c3ccc4oc5ccccc5c4c3)c2)cc1. The fourth-order valence-electron chi connectivity index (χ4n) is 7.89. The van der Waals surface area contributed by atoms with E-state index in [0.717, 1.165) is 50.1 Å². The molecule has 0 N–H and O–H groups in total. The number of para-hydroxylation sites is 2. The molecule has 10 aromatic rings. The highest BCUT2D eigenvalue weighted by molar-refractivity contribution is 6.07. The van der Waals surface area contributed by atoms with Gasteiger partial charge in [0.2, 0.25) is 0 Å². The summed E-state index contributed by atoms with van der Waals surface area (Å²) < 4.78 is 6.30. The van der Waals surface area contributed by atoms with Gasteiger partial charge in [-0.15, -0.1) is 0 Å². The first-order chi connectivity index (χ1) is 26.8. The molecule has 1 heterocycles. The summed E-state index contributed by atoms with van der Waals surface area (Å²) in [5, 5.41) is 4.60. The summed E-state index contributed by atoms with van der Waals surface area (Å²) in [7, 11) is 0. The van der Waals surface area contributed by atoms with Crippen LogP contribution >= 0.6 is 0 Å². The van der Waals surface area contributed by atoms with Crippen LogP contribution in [0.4, 0.5) is 17.1 Å². The minimum atomic E-state index is 0.877. The van der Waals surface area contributed by atoms with Crippen LogP contribution in [-0.4, -0.2) is 0 Å². The van der Waals surface area contributed by atoms with Crippen molar-refractivity contribution in [3.8, 4) is 44.5 Å². The normalized spacial score (nSPS) is 11.3. The van der Waals surface area contributed by atoms with Gasteiger partial charge in [-0.05, 0) is 98.2 Å². The second-order valence-electron chi connectivity index (χ2n) is 13.7. The van der Waals surface area contributed by atoms with Crippen molar-refractivity contribution >= 4 is 49.8 Å². The molecule has 0 atom stereocenters. The quantitative estimate of drug-likeness (QED) is 0.166. The van der Waals surface area contributed by atoms with E-state index in [2.05, 4.69) is 205 Å². The summed E-state index contributed by atoms with van der Waals surface area (Å²) in [6.45, 7) is 0. The molecule has 2 heteroatoms. The van der Waals surface area contributed by atoms with Gasteiger partial charge >= 0.3 is 0 Å². The summed E-state index contributed by atoms with van der Waals surface area (Å²) in [6, 6.07) is 76.1. The number of rotatable bonds is 7. The van der Waals surface area contributed by atoms with Crippen LogP contribution in [0.25, 0.3) is 77.2 Å². The monoisotopic (exact) mass is 689 g/mol. The number of nitrogens with zero attached hydrogens (tertiary/aromatic N) is 1. The van der Waals surface area contributed by atoms with E-state index in [9.17, 15) is 0 Å². The fourth-order valence-corrected chi connectivity index (χ4v) is 7.89. The topological polar surface area (TPSA) is 16.4 Å². The number of benzene rings is 9. The zero-order chi connectivity index (χ0) is 35.8. The highest BCUT2D eigenvalue weighted by atomic mass is 16.3. The second kappa shape index (κ2) is 13.4. The molecule has 254 valence electrons. The maximum atomic E-state index is 6.30. The summed E-state index contributed by atoms with van der Waals surface area (Å²) in [5.74, 6) is 0. The summed E-state index contributed by atoms with van der Waals surface area (Å²) in [5.41, 5.74) is 14.4. The molecule has 54 heavy (non-hydrogen) atoms. The Balaban J connectivity index is 1.25. The van der Waals surface area contributed by atoms with Crippen LogP contribution in [0.15, 0.2) is 217 Å². The molecule has 0 saturated heterocycles. The maximum Gasteiger partial charge on any atom is 0.135 e. The average Bonchev–Trinajstić information content (AvgIpc) is 3.62. The van der Waals surface area contributed by atoms with E-state index in [1.54, 1.807) is 0 Å². The van der Waals surface area contributed by atoms with E-state index in [1.807, 2.05) is 12.1 Å². The predicted octanol–water partition coefficient (Wildman–Crippen LogP) is 14.9. The van der Waals surface area contributed by atoms with Gasteiger partial charge in [-0.1, -0.05) is 164 Å². The lowest BCUT2D eigenvalue weighted by molar-refractivity contribution is 0.669. The zero-order valence-corrected chi connectivity index (χ0v) is 29.6. The molecule has 0 aliphatic heterocycles. The van der Waals surface area contributed by atoms with E-state index in [-0.39, 0.29) is 0 Å². The van der Waals surface area contributed by atoms with Gasteiger partial charge in [-0.25, -0.2) is 0 Å². The van der Waals surface area contributed by atoms with E-state index in [1.165, 1.54) is 44.2 Å². The molecule has 2 nitrogen and oxygen atoms in total. The van der Waals surface area contributed by atoms with Gasteiger partial charge in [0.1, 0.15) is 11.2 Å². The zero-order valence-electron chi connectivity index (χ0n) is 29.6. The lowest BCUT2D eigenvalue weighted by Gasteiger charge is -2.29. The van der Waals surface area contributed by atoms with Crippen LogP contribution in [0.1, 0.15) is 0 Å². The minimum absolute atomic E-state index is 0.877. The Bertz CT molecular complexity index is 2940. The number of fused-ring (bicyclic) bond motifs is 4. The van der Waals surface area contributed by atoms with E-state index in [4.69, 9.17) is 4.42 Å². The molecule has 9 aromatic carbocycles. The van der Waals surface area contributed by atoms with Gasteiger partial charge in [-0.2, -0.15) is 0 Å². The van der Waals surface area contributed by atoms with Crippen molar-refractivity contribution in [2.24, 2.45) is 0 Å². The summed E-state index contributed by atoms with van der Waals surface area (Å²) >= 11 is 0. The van der Waals surface area contributed by atoms with Crippen LogP contribution in [0.2, 0.25) is 0 Å². The van der Waals surface area contributed by atoms with Gasteiger partial charge in [0.15, 0.2) is 0 Å². The third kappa shape index (κ3) is 5.62. The Morgan fingerprint density at radius 2 is 0.889 bits per heavy atom. The molecular formula is C52H35NO. The first-order valence-corrected chi connectivity index (χ1v) is 18.4. The van der Waals surface area contributed by atoms with Crippen molar-refractivity contribution in [3.63, 3.8) is 0 Å². The largest absolute Gasteiger partial charge is 0.456 e. The molecule has 0 aliphatic rings. The predicted molar refractivity (Wildman–Crippen MR) is 228 cm³/mol. The van der Waals surface area contributed by atoms with Gasteiger partial charge in [0.05, 0.1) is 5.69 Å². The van der Waals surface area contributed by atoms with Crippen molar-refractivity contribution in [2.75, 3.05) is 4.90 Å². The third-order valence-corrected chi connectivity index (χ3v) is 10.5. The fraction of sp³-hybridized carbons (Fsp3) is 0. The summed E-state index contributed by atoms with van der Waals surface area (Å²) in [6.07, 6.45) is 0. The van der Waals surface area contributed by atoms with Crippen LogP contribution < -0.4 is 4.90 Å². The number of furan rings is 1. The smallest absolute Gasteiger partial charge is 0.135 e. The van der Waals surface area contributed by atoms with Crippen molar-refractivity contribution in [1.82, 2.24) is 0 Å². The van der Waals surface area contributed by atoms with E-state index in [0.29, 0.717) is 0 Å². The third-order valence-electron chi connectivity index (χ3n) is 10.5. The molecule has 0 fully saturated rings. The molecule has 0 bridgehead atoms. The number of hydrogen-bond donors (Lipinski definition) is 0. The molecule has 0 aliphatic carbocycles. The van der Waals surface area contributed by atoms with Gasteiger partial charge in [-0.3, -0.25) is 0 Å². The van der Waals surface area contributed by atoms with Gasteiger partial charge in [0.25, 0.3) is 0 Å². The average molecular weight is 690 g/mol. The molecule has 0 unspecified atom stereocenters.